The molecule has 9 nitrogen and oxygen atoms in total. The van der Waals surface area contributed by atoms with Gasteiger partial charge in [-0.25, -0.2) is 0 Å². The molecule has 0 amide bonds. The van der Waals surface area contributed by atoms with Gasteiger partial charge in [0.25, 0.3) is 7.82 Å². The minimum atomic E-state index is -4.69. The van der Waals surface area contributed by atoms with E-state index in [1.807, 2.05) is 14.1 Å². The average molecular weight is 814 g/mol. The van der Waals surface area contributed by atoms with Gasteiger partial charge in [-0.05, 0) is 18.8 Å². The number of carbonyl (C=O) groups is 2. The molecule has 0 aromatic heterocycles. The zero-order valence-corrected chi connectivity index (χ0v) is 37.9. The van der Waals surface area contributed by atoms with Crippen LogP contribution in [0.3, 0.4) is 0 Å². The summed E-state index contributed by atoms with van der Waals surface area (Å²) < 4.78 is 34.0. The Kier molecular flexibility index (Phi) is 38.1. The number of likely N-dealkylation sites (N-methyl/N-ethyl adjacent to an activating group) is 1. The van der Waals surface area contributed by atoms with Gasteiger partial charge in [0.05, 0.1) is 20.7 Å². The number of hydrogen-bond acceptors (Lipinski definition) is 8. The van der Waals surface area contributed by atoms with Crippen molar-refractivity contribution in [2.45, 2.75) is 225 Å². The average Bonchev–Trinajstić information content (AvgIpc) is 3.15. The molecule has 330 valence electrons. The minimum absolute atomic E-state index is 0.104. The van der Waals surface area contributed by atoms with Gasteiger partial charge < -0.3 is 27.9 Å². The highest BCUT2D eigenvalue weighted by molar-refractivity contribution is 7.45. The van der Waals surface area contributed by atoms with E-state index >= 15 is 0 Å². The third-order valence-corrected chi connectivity index (χ3v) is 11.5. The van der Waals surface area contributed by atoms with E-state index in [1.54, 1.807) is 0 Å². The SMILES string of the molecule is C#CC[N+](C)(C)CCOP(=O)([O-])OC[C@@H](COC(=O)CCCCCCCCCCCCCCCCC)OC(=O)CCCCCCCCCCCCCCCCC. The molecule has 0 heterocycles. The number of phosphoric acid groups is 1. The van der Waals surface area contributed by atoms with Crippen molar-refractivity contribution < 1.29 is 42.1 Å². The normalized spacial score (nSPS) is 13.3. The lowest BCUT2D eigenvalue weighted by Gasteiger charge is -2.30. The van der Waals surface area contributed by atoms with Crippen molar-refractivity contribution in [3.63, 3.8) is 0 Å². The van der Waals surface area contributed by atoms with Crippen LogP contribution in [0.15, 0.2) is 0 Å². The third-order valence-electron chi connectivity index (χ3n) is 10.6. The monoisotopic (exact) mass is 814 g/mol. The van der Waals surface area contributed by atoms with Gasteiger partial charge in [0.15, 0.2) is 6.10 Å². The van der Waals surface area contributed by atoms with E-state index < -0.39 is 32.5 Å². The molecule has 0 rings (SSSR count). The predicted octanol–water partition coefficient (Wildman–Crippen LogP) is 12.2. The van der Waals surface area contributed by atoms with Gasteiger partial charge >= 0.3 is 11.9 Å². The Morgan fingerprint density at radius 1 is 0.571 bits per heavy atom. The molecular weight excluding hydrogens is 725 g/mol. The summed E-state index contributed by atoms with van der Waals surface area (Å²) in [5, 5.41) is 0. The number of nitrogens with zero attached hydrogens (tertiary/aromatic N) is 1. The Hall–Kier alpha value is -1.43. The van der Waals surface area contributed by atoms with Crippen LogP contribution in [0.4, 0.5) is 0 Å². The molecule has 0 saturated heterocycles. The predicted molar refractivity (Wildman–Crippen MR) is 230 cm³/mol. The maximum Gasteiger partial charge on any atom is 0.306 e. The van der Waals surface area contributed by atoms with Gasteiger partial charge in [0, 0.05) is 12.8 Å². The van der Waals surface area contributed by atoms with Gasteiger partial charge in [-0.1, -0.05) is 194 Å². The summed E-state index contributed by atoms with van der Waals surface area (Å²) in [6.07, 6.45) is 42.0. The van der Waals surface area contributed by atoms with E-state index in [1.165, 1.54) is 148 Å². The minimum Gasteiger partial charge on any atom is -0.756 e. The fraction of sp³-hybridized carbons (Fsp3) is 0.913. The van der Waals surface area contributed by atoms with E-state index in [0.29, 0.717) is 24.0 Å². The number of esters is 2. The summed E-state index contributed by atoms with van der Waals surface area (Å²) in [4.78, 5) is 37.7. The molecule has 0 radical (unpaired) electrons. The van der Waals surface area contributed by atoms with Crippen LogP contribution in [0.2, 0.25) is 0 Å². The second-order valence-electron chi connectivity index (χ2n) is 16.8. The van der Waals surface area contributed by atoms with Crippen LogP contribution in [-0.4, -0.2) is 69.5 Å². The molecule has 0 spiro atoms. The zero-order chi connectivity index (χ0) is 41.4. The van der Waals surface area contributed by atoms with Crippen molar-refractivity contribution in [1.82, 2.24) is 0 Å². The Bertz CT molecular complexity index is 1000. The van der Waals surface area contributed by atoms with Crippen molar-refractivity contribution in [3.05, 3.63) is 0 Å². The van der Waals surface area contributed by atoms with Crippen LogP contribution < -0.4 is 4.89 Å². The smallest absolute Gasteiger partial charge is 0.306 e. The summed E-state index contributed by atoms with van der Waals surface area (Å²) >= 11 is 0. The van der Waals surface area contributed by atoms with Crippen LogP contribution in [0.5, 0.6) is 0 Å². The number of unbranched alkanes of at least 4 members (excludes halogenated alkanes) is 28. The summed E-state index contributed by atoms with van der Waals surface area (Å²) in [5.41, 5.74) is 0. The lowest BCUT2D eigenvalue weighted by Crippen LogP contribution is -2.42. The zero-order valence-electron chi connectivity index (χ0n) is 37.0. The number of carbonyl (C=O) groups excluding carboxylic acids is 2. The molecule has 10 heteroatoms. The summed E-state index contributed by atoms with van der Waals surface area (Å²) in [6, 6.07) is 0. The van der Waals surface area contributed by atoms with E-state index in [0.717, 1.165) is 38.5 Å². The molecule has 0 saturated carbocycles. The van der Waals surface area contributed by atoms with Crippen LogP contribution in [0, 0.1) is 12.3 Å². The van der Waals surface area contributed by atoms with E-state index in [2.05, 4.69) is 19.8 Å². The highest BCUT2D eigenvalue weighted by atomic mass is 31.2. The molecule has 0 aromatic rings. The summed E-state index contributed by atoms with van der Waals surface area (Å²) in [6.45, 7) is 4.45. The van der Waals surface area contributed by atoms with Crippen molar-refractivity contribution in [2.24, 2.45) is 0 Å². The number of rotatable bonds is 43. The molecule has 0 aliphatic heterocycles. The number of ether oxygens (including phenoxy) is 2. The van der Waals surface area contributed by atoms with Crippen molar-refractivity contribution in [1.29, 1.82) is 0 Å². The Labute approximate surface area is 345 Å². The van der Waals surface area contributed by atoms with Gasteiger partial charge in [-0.15, -0.1) is 6.42 Å². The molecule has 0 aliphatic carbocycles. The van der Waals surface area contributed by atoms with Crippen molar-refractivity contribution in [3.8, 4) is 12.3 Å². The van der Waals surface area contributed by atoms with Gasteiger partial charge in [0.1, 0.15) is 26.3 Å². The third kappa shape index (κ3) is 39.4. The number of terminal acetylenes is 1. The first kappa shape index (κ1) is 54.6. The van der Waals surface area contributed by atoms with Crippen molar-refractivity contribution in [2.75, 3.05) is 47.0 Å². The first-order chi connectivity index (χ1) is 27.0. The molecule has 0 bridgehead atoms. The first-order valence-electron chi connectivity index (χ1n) is 23.3. The van der Waals surface area contributed by atoms with Gasteiger partial charge in [-0.3, -0.25) is 14.2 Å². The molecule has 0 N–H and O–H groups in total. The molecule has 0 aliphatic rings. The summed E-state index contributed by atoms with van der Waals surface area (Å²) in [7, 11) is -0.932. The maximum atomic E-state index is 12.7. The molecular formula is C46H88NO8P. The number of hydrogen-bond donors (Lipinski definition) is 0. The first-order valence-corrected chi connectivity index (χ1v) is 24.7. The van der Waals surface area contributed by atoms with Crippen LogP contribution in [-0.2, 0) is 32.7 Å². The highest BCUT2D eigenvalue weighted by Gasteiger charge is 2.22. The van der Waals surface area contributed by atoms with E-state index in [9.17, 15) is 19.0 Å². The fourth-order valence-electron chi connectivity index (χ4n) is 6.84. The number of phosphoric ester groups is 1. The van der Waals surface area contributed by atoms with Gasteiger partial charge in [0.2, 0.25) is 0 Å². The largest absolute Gasteiger partial charge is 0.756 e. The highest BCUT2D eigenvalue weighted by Crippen LogP contribution is 2.38. The van der Waals surface area contributed by atoms with Gasteiger partial charge in [-0.2, -0.15) is 0 Å². The topological polar surface area (TPSA) is 111 Å². The quantitative estimate of drug-likeness (QED) is 0.0197. The van der Waals surface area contributed by atoms with Crippen molar-refractivity contribution >= 4 is 19.8 Å². The van der Waals surface area contributed by atoms with E-state index in [4.69, 9.17) is 24.9 Å². The lowest BCUT2D eigenvalue weighted by atomic mass is 10.0. The van der Waals surface area contributed by atoms with Crippen LogP contribution >= 0.6 is 7.82 Å². The van der Waals surface area contributed by atoms with Crippen LogP contribution in [0.1, 0.15) is 219 Å². The van der Waals surface area contributed by atoms with E-state index in [-0.39, 0.29) is 26.1 Å². The second-order valence-corrected chi connectivity index (χ2v) is 18.2. The molecule has 0 aromatic carbocycles. The fourth-order valence-corrected chi connectivity index (χ4v) is 7.57. The Balaban J connectivity index is 4.41. The standard InChI is InChI=1S/C46H88NO8P/c1-6-9-11-13-15-17-19-21-23-25-27-29-31-33-35-37-45(48)52-42-44(43-54-56(50,51)53-41-40-47(4,5)39-8-3)55-46(49)38-36-34-32-30-28-26-24-22-20-18-16-14-12-10-7-2/h3,44H,6-7,9-43H2,1-2,4-5H3/t44-/m1/s1. The summed E-state index contributed by atoms with van der Waals surface area (Å²) in [5.74, 6) is 1.72. The molecule has 56 heavy (non-hydrogen) atoms. The molecule has 1 unspecified atom stereocenters. The Morgan fingerprint density at radius 2 is 0.929 bits per heavy atom. The number of quaternary nitrogens is 1. The second kappa shape index (κ2) is 39.1. The molecule has 2 atom stereocenters. The Morgan fingerprint density at radius 3 is 1.30 bits per heavy atom. The molecule has 0 fully saturated rings. The lowest BCUT2D eigenvalue weighted by molar-refractivity contribution is -0.883. The van der Waals surface area contributed by atoms with Crippen LogP contribution in [0.25, 0.3) is 0 Å². The maximum absolute atomic E-state index is 12.7.